The largest absolute Gasteiger partial charge is 0.475 e. The molecule has 3 rings (SSSR count). The van der Waals surface area contributed by atoms with Gasteiger partial charge in [-0.1, -0.05) is 60.7 Å². The van der Waals surface area contributed by atoms with Crippen molar-refractivity contribution in [2.24, 2.45) is 0 Å². The van der Waals surface area contributed by atoms with Gasteiger partial charge in [0.15, 0.2) is 6.29 Å². The number of ether oxygens (including phenoxy) is 1. The Kier molecular flexibility index (Phi) is 6.97. The highest BCUT2D eigenvalue weighted by molar-refractivity contribution is 7.48. The van der Waals surface area contributed by atoms with Crippen LogP contribution in [0.5, 0.6) is 0 Å². The zero-order valence-corrected chi connectivity index (χ0v) is 15.3. The molecule has 1 saturated heterocycles. The van der Waals surface area contributed by atoms with Crippen LogP contribution in [0.4, 0.5) is 0 Å². The quantitative estimate of drug-likeness (QED) is 0.664. The van der Waals surface area contributed by atoms with Crippen LogP contribution in [0.3, 0.4) is 0 Å². The minimum absolute atomic E-state index is 0.0396. The molecule has 1 heterocycles. The Labute approximate surface area is 153 Å². The third-order valence-corrected chi connectivity index (χ3v) is 5.32. The van der Waals surface area contributed by atoms with Crippen molar-refractivity contribution in [3.63, 3.8) is 0 Å². The fraction of sp³-hybridized carbons (Fsp3) is 0.368. The number of benzene rings is 2. The predicted molar refractivity (Wildman–Crippen MR) is 96.1 cm³/mol. The van der Waals surface area contributed by atoms with Crippen molar-refractivity contribution in [1.82, 2.24) is 0 Å². The van der Waals surface area contributed by atoms with Gasteiger partial charge in [0.25, 0.3) is 0 Å². The van der Waals surface area contributed by atoms with Crippen LogP contribution >= 0.6 is 7.82 Å². The highest BCUT2D eigenvalue weighted by atomic mass is 31.2. The molecule has 0 bridgehead atoms. The maximum atomic E-state index is 13.0. The number of aliphatic hydroxyl groups excluding tert-OH is 1. The normalized spacial score (nSPS) is 20.3. The molecule has 140 valence electrons. The van der Waals surface area contributed by atoms with Gasteiger partial charge in [0.05, 0.1) is 25.9 Å². The fourth-order valence-electron chi connectivity index (χ4n) is 2.55. The molecule has 0 amide bonds. The third kappa shape index (κ3) is 6.02. The van der Waals surface area contributed by atoms with Gasteiger partial charge in [-0.15, -0.1) is 0 Å². The van der Waals surface area contributed by atoms with Crippen molar-refractivity contribution < 1.29 is 28.0 Å². The summed E-state index contributed by atoms with van der Waals surface area (Å²) < 4.78 is 34.8. The van der Waals surface area contributed by atoms with Crippen LogP contribution < -0.4 is 0 Å². The van der Waals surface area contributed by atoms with Crippen LogP contribution in [-0.4, -0.2) is 24.1 Å². The molecule has 1 N–H and O–H groups in total. The number of rotatable bonds is 9. The molecule has 1 fully saturated rings. The Bertz CT molecular complexity index is 661. The zero-order valence-electron chi connectivity index (χ0n) is 14.4. The first kappa shape index (κ1) is 19.2. The molecule has 2 aromatic rings. The summed E-state index contributed by atoms with van der Waals surface area (Å²) in [5.74, 6) is 0. The van der Waals surface area contributed by atoms with Crippen LogP contribution in [0, 0.1) is 0 Å². The summed E-state index contributed by atoms with van der Waals surface area (Å²) >= 11 is 0. The lowest BCUT2D eigenvalue weighted by atomic mass is 10.2. The lowest BCUT2D eigenvalue weighted by Crippen LogP contribution is -2.17. The second kappa shape index (κ2) is 9.42. The second-order valence-corrected chi connectivity index (χ2v) is 7.72. The monoisotopic (exact) mass is 378 g/mol. The lowest BCUT2D eigenvalue weighted by molar-refractivity contribution is -0.101. The minimum atomic E-state index is -3.78. The molecular weight excluding hydrogens is 355 g/mol. The number of phosphoric acid groups is 1. The van der Waals surface area contributed by atoms with Crippen molar-refractivity contribution in [3.05, 3.63) is 71.8 Å². The highest BCUT2D eigenvalue weighted by Crippen LogP contribution is 2.51. The van der Waals surface area contributed by atoms with E-state index in [-0.39, 0.29) is 25.9 Å². The van der Waals surface area contributed by atoms with Crippen molar-refractivity contribution in [2.45, 2.75) is 38.4 Å². The molecule has 0 aliphatic carbocycles. The Morgan fingerprint density at radius 1 is 0.885 bits per heavy atom. The summed E-state index contributed by atoms with van der Waals surface area (Å²) in [6, 6.07) is 18.8. The molecule has 26 heavy (non-hydrogen) atoms. The van der Waals surface area contributed by atoms with Crippen LogP contribution in [-0.2, 0) is 36.1 Å². The van der Waals surface area contributed by atoms with Gasteiger partial charge in [-0.05, 0) is 17.5 Å². The summed E-state index contributed by atoms with van der Waals surface area (Å²) in [6.07, 6.45) is 0.0597. The molecule has 7 heteroatoms. The fourth-order valence-corrected chi connectivity index (χ4v) is 3.74. The summed E-state index contributed by atoms with van der Waals surface area (Å²) in [7, 11) is -3.78. The van der Waals surface area contributed by atoms with Gasteiger partial charge in [-0.2, -0.15) is 0 Å². The average Bonchev–Trinajstić information content (AvgIpc) is 3.11. The van der Waals surface area contributed by atoms with Crippen LogP contribution in [0.15, 0.2) is 60.7 Å². The molecule has 0 aromatic heterocycles. The zero-order chi connectivity index (χ0) is 18.2. The number of hydrogen-bond donors (Lipinski definition) is 1. The first-order chi connectivity index (χ1) is 12.6. The molecule has 0 saturated carbocycles. The van der Waals surface area contributed by atoms with Gasteiger partial charge in [0, 0.05) is 6.42 Å². The van der Waals surface area contributed by atoms with Crippen LogP contribution in [0.1, 0.15) is 24.0 Å². The molecular formula is C19H23O6P. The van der Waals surface area contributed by atoms with Gasteiger partial charge in [0.2, 0.25) is 0 Å². The number of hydrogen-bond acceptors (Lipinski definition) is 6. The number of phosphoric ester groups is 1. The standard InChI is InChI=1S/C19H23O6P/c20-19-12-11-18(25-19)15-24-26(21,22-13-16-7-3-1-4-8-16)23-14-17-9-5-2-6-10-17/h1-10,18-20H,11-15H2/t18-,19?/m0/s1. The topological polar surface area (TPSA) is 74.2 Å². The van der Waals surface area contributed by atoms with E-state index in [1.807, 2.05) is 60.7 Å². The molecule has 2 aromatic carbocycles. The lowest BCUT2D eigenvalue weighted by Gasteiger charge is -2.20. The third-order valence-electron chi connectivity index (χ3n) is 3.97. The molecule has 2 atom stereocenters. The van der Waals surface area contributed by atoms with E-state index < -0.39 is 14.1 Å². The first-order valence-corrected chi connectivity index (χ1v) is 10.0. The average molecular weight is 378 g/mol. The van der Waals surface area contributed by atoms with Crippen molar-refractivity contribution in [1.29, 1.82) is 0 Å². The molecule has 0 radical (unpaired) electrons. The summed E-state index contributed by atoms with van der Waals surface area (Å²) in [5, 5.41) is 9.42. The second-order valence-electron chi connectivity index (χ2n) is 6.05. The van der Waals surface area contributed by atoms with E-state index in [0.717, 1.165) is 11.1 Å². The summed E-state index contributed by atoms with van der Waals surface area (Å²) in [5.41, 5.74) is 1.74. The first-order valence-electron chi connectivity index (χ1n) is 8.58. The smallest absolute Gasteiger partial charge is 0.368 e. The van der Waals surface area contributed by atoms with Gasteiger partial charge in [0.1, 0.15) is 0 Å². The van der Waals surface area contributed by atoms with E-state index in [9.17, 15) is 9.67 Å². The van der Waals surface area contributed by atoms with Crippen LogP contribution in [0.25, 0.3) is 0 Å². The summed E-state index contributed by atoms with van der Waals surface area (Å²) in [4.78, 5) is 0. The maximum absolute atomic E-state index is 13.0. The van der Waals surface area contributed by atoms with Gasteiger partial charge < -0.3 is 9.84 Å². The van der Waals surface area contributed by atoms with Gasteiger partial charge >= 0.3 is 7.82 Å². The van der Waals surface area contributed by atoms with E-state index in [1.54, 1.807) is 0 Å². The SMILES string of the molecule is O=P(OCc1ccccc1)(OCc1ccccc1)OC[C@@H]1CCC(O)O1. The molecule has 6 nitrogen and oxygen atoms in total. The molecule has 1 unspecified atom stereocenters. The molecule has 0 spiro atoms. The van der Waals surface area contributed by atoms with E-state index in [0.29, 0.717) is 12.8 Å². The van der Waals surface area contributed by atoms with Crippen molar-refractivity contribution >= 4 is 7.82 Å². The van der Waals surface area contributed by atoms with E-state index in [2.05, 4.69) is 0 Å². The van der Waals surface area contributed by atoms with E-state index >= 15 is 0 Å². The molecule has 1 aliphatic rings. The Morgan fingerprint density at radius 3 is 1.88 bits per heavy atom. The molecule has 1 aliphatic heterocycles. The Hall–Kier alpha value is -1.53. The van der Waals surface area contributed by atoms with Gasteiger partial charge in [-0.25, -0.2) is 4.57 Å². The Balaban J connectivity index is 1.60. The Morgan fingerprint density at radius 2 is 1.42 bits per heavy atom. The van der Waals surface area contributed by atoms with Crippen LogP contribution in [0.2, 0.25) is 0 Å². The van der Waals surface area contributed by atoms with Gasteiger partial charge in [-0.3, -0.25) is 13.6 Å². The highest BCUT2D eigenvalue weighted by Gasteiger charge is 2.31. The number of aliphatic hydroxyl groups is 1. The van der Waals surface area contributed by atoms with E-state index in [4.69, 9.17) is 18.3 Å². The minimum Gasteiger partial charge on any atom is -0.368 e. The van der Waals surface area contributed by atoms with Crippen molar-refractivity contribution in [2.75, 3.05) is 6.61 Å². The van der Waals surface area contributed by atoms with Crippen molar-refractivity contribution in [3.8, 4) is 0 Å². The van der Waals surface area contributed by atoms with E-state index in [1.165, 1.54) is 0 Å². The summed E-state index contributed by atoms with van der Waals surface area (Å²) in [6.45, 7) is 0.264. The predicted octanol–water partition coefficient (Wildman–Crippen LogP) is 4.04. The maximum Gasteiger partial charge on any atom is 0.475 e.